The van der Waals surface area contributed by atoms with E-state index in [2.05, 4.69) is 5.32 Å². The van der Waals surface area contributed by atoms with Gasteiger partial charge in [0.15, 0.2) is 0 Å². The summed E-state index contributed by atoms with van der Waals surface area (Å²) in [6, 6.07) is -0.968. The molecule has 0 aromatic rings. The number of rotatable bonds is 5. The molecule has 2 atom stereocenters. The first-order chi connectivity index (χ1) is 7.23. The molecule has 0 aliphatic rings. The lowest BCUT2D eigenvalue weighted by Gasteiger charge is -2.28. The third-order valence-electron chi connectivity index (χ3n) is 2.19. The number of carbonyl (C=O) groups is 2. The van der Waals surface area contributed by atoms with E-state index in [0.717, 1.165) is 0 Å². The summed E-state index contributed by atoms with van der Waals surface area (Å²) in [5.41, 5.74) is 4.74. The minimum absolute atomic E-state index is 0.0127. The molecule has 0 aliphatic heterocycles. The molecule has 0 rings (SSSR count). The van der Waals surface area contributed by atoms with Crippen molar-refractivity contribution in [1.82, 2.24) is 5.32 Å². The molecular formula is C10H20N2O4. The van der Waals surface area contributed by atoms with Gasteiger partial charge >= 0.3 is 5.97 Å². The molecule has 0 fully saturated rings. The number of methoxy groups -OCH3 is 1. The van der Waals surface area contributed by atoms with Gasteiger partial charge in [0.1, 0.15) is 12.1 Å². The number of ether oxygens (including phenoxy) is 1. The van der Waals surface area contributed by atoms with E-state index < -0.39 is 29.4 Å². The molecular weight excluding hydrogens is 212 g/mol. The normalized spacial score (nSPS) is 15.3. The molecule has 0 spiro atoms. The average Bonchev–Trinajstić information content (AvgIpc) is 2.13. The summed E-state index contributed by atoms with van der Waals surface area (Å²) in [7, 11) is 1.35. The van der Waals surface area contributed by atoms with Gasteiger partial charge in [-0.2, -0.15) is 0 Å². The highest BCUT2D eigenvalue weighted by Gasteiger charge is 2.34. The van der Waals surface area contributed by atoms with Crippen molar-refractivity contribution in [3.63, 3.8) is 0 Å². The number of carboxylic acids is 1. The van der Waals surface area contributed by atoms with Gasteiger partial charge in [0.05, 0.1) is 0 Å². The van der Waals surface area contributed by atoms with Crippen LogP contribution in [0.25, 0.3) is 0 Å². The van der Waals surface area contributed by atoms with Gasteiger partial charge in [0.25, 0.3) is 5.91 Å². The van der Waals surface area contributed by atoms with Crippen LogP contribution < -0.4 is 11.1 Å². The molecule has 0 radical (unpaired) electrons. The maximum Gasteiger partial charge on any atom is 0.326 e. The summed E-state index contributed by atoms with van der Waals surface area (Å²) in [6.45, 7) is 5.21. The predicted molar refractivity (Wildman–Crippen MR) is 58.9 cm³/mol. The van der Waals surface area contributed by atoms with Crippen LogP contribution in [0.2, 0.25) is 0 Å². The fourth-order valence-electron chi connectivity index (χ4n) is 1.19. The molecule has 2 unspecified atom stereocenters. The lowest BCUT2D eigenvalue weighted by molar-refractivity contribution is -0.146. The fraction of sp³-hybridized carbons (Fsp3) is 0.800. The van der Waals surface area contributed by atoms with E-state index in [9.17, 15) is 9.59 Å². The maximum atomic E-state index is 11.6. The SMILES string of the molecule is COC(CN)C(=O)NC(C(=O)O)C(C)(C)C. The van der Waals surface area contributed by atoms with Gasteiger partial charge in [-0.05, 0) is 5.41 Å². The lowest BCUT2D eigenvalue weighted by atomic mass is 9.86. The molecule has 0 saturated heterocycles. The zero-order valence-corrected chi connectivity index (χ0v) is 10.1. The topological polar surface area (TPSA) is 102 Å². The molecule has 6 nitrogen and oxygen atoms in total. The van der Waals surface area contributed by atoms with E-state index in [4.69, 9.17) is 15.6 Å². The Balaban J connectivity index is 4.65. The van der Waals surface area contributed by atoms with Gasteiger partial charge < -0.3 is 20.9 Å². The largest absolute Gasteiger partial charge is 0.480 e. The summed E-state index contributed by atoms with van der Waals surface area (Å²) < 4.78 is 4.82. The Labute approximate surface area is 95.1 Å². The number of nitrogens with two attached hydrogens (primary N) is 1. The molecule has 0 aromatic heterocycles. The molecule has 94 valence electrons. The summed E-state index contributed by atoms with van der Waals surface area (Å²) in [4.78, 5) is 22.6. The van der Waals surface area contributed by atoms with Crippen LogP contribution in [0, 0.1) is 5.41 Å². The summed E-state index contributed by atoms with van der Waals surface area (Å²) in [5.74, 6) is -1.58. The monoisotopic (exact) mass is 232 g/mol. The zero-order valence-electron chi connectivity index (χ0n) is 10.1. The van der Waals surface area contributed by atoms with Crippen molar-refractivity contribution < 1.29 is 19.4 Å². The number of hydrogen-bond donors (Lipinski definition) is 3. The first-order valence-electron chi connectivity index (χ1n) is 5.00. The second-order valence-corrected chi connectivity index (χ2v) is 4.61. The van der Waals surface area contributed by atoms with E-state index in [1.165, 1.54) is 7.11 Å². The highest BCUT2D eigenvalue weighted by atomic mass is 16.5. The van der Waals surface area contributed by atoms with Crippen LogP contribution in [0.4, 0.5) is 0 Å². The number of amides is 1. The van der Waals surface area contributed by atoms with E-state index in [-0.39, 0.29) is 6.54 Å². The Morgan fingerprint density at radius 1 is 1.44 bits per heavy atom. The number of carbonyl (C=O) groups excluding carboxylic acids is 1. The molecule has 1 amide bonds. The van der Waals surface area contributed by atoms with E-state index in [1.54, 1.807) is 20.8 Å². The highest BCUT2D eigenvalue weighted by Crippen LogP contribution is 2.19. The smallest absolute Gasteiger partial charge is 0.326 e. The zero-order chi connectivity index (χ0) is 12.9. The van der Waals surface area contributed by atoms with Crippen LogP contribution in [-0.2, 0) is 14.3 Å². The van der Waals surface area contributed by atoms with Crippen molar-refractivity contribution >= 4 is 11.9 Å². The number of carboxylic acid groups (broad SMARTS) is 1. The van der Waals surface area contributed by atoms with Crippen molar-refractivity contribution in [3.8, 4) is 0 Å². The van der Waals surface area contributed by atoms with E-state index >= 15 is 0 Å². The molecule has 0 aromatic carbocycles. The first kappa shape index (κ1) is 14.9. The standard InChI is InChI=1S/C10H20N2O4/c1-10(2,3)7(9(14)15)12-8(13)6(5-11)16-4/h6-7H,5,11H2,1-4H3,(H,12,13)(H,14,15). The minimum Gasteiger partial charge on any atom is -0.480 e. The van der Waals surface area contributed by atoms with Crippen LogP contribution in [0.3, 0.4) is 0 Å². The van der Waals surface area contributed by atoms with Crippen LogP contribution in [0.15, 0.2) is 0 Å². The van der Waals surface area contributed by atoms with Gasteiger partial charge in [-0.25, -0.2) is 4.79 Å². The highest BCUT2D eigenvalue weighted by molar-refractivity contribution is 5.86. The van der Waals surface area contributed by atoms with Crippen LogP contribution in [0.5, 0.6) is 0 Å². The second kappa shape index (κ2) is 5.81. The summed E-state index contributed by atoms with van der Waals surface area (Å²) in [6.07, 6.45) is -0.816. The van der Waals surface area contributed by atoms with Crippen LogP contribution in [-0.4, -0.2) is 42.8 Å². The van der Waals surface area contributed by atoms with Gasteiger partial charge in [-0.3, -0.25) is 4.79 Å². The first-order valence-corrected chi connectivity index (χ1v) is 5.00. The van der Waals surface area contributed by atoms with Crippen molar-refractivity contribution in [3.05, 3.63) is 0 Å². The van der Waals surface area contributed by atoms with Crippen LogP contribution in [0.1, 0.15) is 20.8 Å². The summed E-state index contributed by atoms with van der Waals surface area (Å²) >= 11 is 0. The predicted octanol–water partition coefficient (Wildman–Crippen LogP) is -0.424. The van der Waals surface area contributed by atoms with E-state index in [1.807, 2.05) is 0 Å². The van der Waals surface area contributed by atoms with Crippen molar-refractivity contribution in [2.75, 3.05) is 13.7 Å². The fourth-order valence-corrected chi connectivity index (χ4v) is 1.19. The number of hydrogen-bond acceptors (Lipinski definition) is 4. The Hall–Kier alpha value is -1.14. The Kier molecular flexibility index (Phi) is 5.40. The van der Waals surface area contributed by atoms with E-state index in [0.29, 0.717) is 0 Å². The Bertz CT molecular complexity index is 256. The quantitative estimate of drug-likeness (QED) is 0.597. The van der Waals surface area contributed by atoms with Gasteiger partial charge in [0.2, 0.25) is 0 Å². The second-order valence-electron chi connectivity index (χ2n) is 4.61. The summed E-state index contributed by atoms with van der Waals surface area (Å²) in [5, 5.41) is 11.4. The third-order valence-corrected chi connectivity index (χ3v) is 2.19. The molecule has 0 bridgehead atoms. The molecule has 4 N–H and O–H groups in total. The Morgan fingerprint density at radius 2 is 1.94 bits per heavy atom. The van der Waals surface area contributed by atoms with Crippen molar-refractivity contribution in [2.24, 2.45) is 11.1 Å². The molecule has 0 heterocycles. The van der Waals surface area contributed by atoms with Crippen molar-refractivity contribution in [1.29, 1.82) is 0 Å². The van der Waals surface area contributed by atoms with Gasteiger partial charge in [-0.15, -0.1) is 0 Å². The molecule has 6 heteroatoms. The average molecular weight is 232 g/mol. The number of nitrogens with one attached hydrogen (secondary N) is 1. The molecule has 0 saturated carbocycles. The maximum absolute atomic E-state index is 11.6. The van der Waals surface area contributed by atoms with Crippen LogP contribution >= 0.6 is 0 Å². The molecule has 16 heavy (non-hydrogen) atoms. The minimum atomic E-state index is -1.08. The lowest BCUT2D eigenvalue weighted by Crippen LogP contribution is -2.53. The van der Waals surface area contributed by atoms with Gasteiger partial charge in [0, 0.05) is 13.7 Å². The van der Waals surface area contributed by atoms with Crippen molar-refractivity contribution in [2.45, 2.75) is 32.9 Å². The van der Waals surface area contributed by atoms with Gasteiger partial charge in [-0.1, -0.05) is 20.8 Å². The molecule has 0 aliphatic carbocycles. The Morgan fingerprint density at radius 3 is 2.19 bits per heavy atom. The third kappa shape index (κ3) is 4.16. The number of aliphatic carboxylic acids is 1.